The molecule has 1 atom stereocenters. The second kappa shape index (κ2) is 6.57. The van der Waals surface area contributed by atoms with Gasteiger partial charge in [0.25, 0.3) is 0 Å². The third kappa shape index (κ3) is 3.10. The Morgan fingerprint density at radius 2 is 2.12 bits per heavy atom. The van der Waals surface area contributed by atoms with Gasteiger partial charge in [-0.2, -0.15) is 5.10 Å². The first kappa shape index (κ1) is 16.8. The molecule has 0 aliphatic carbocycles. The standard InChI is InChI=1S/C19H21N5OS/c1-12-13(2)26-18(21-12)22-19(25)24-10-14-6-4-5-7-16(14)17(11-24)15-8-20-23(3)9-15/h4-9,17H,10-11H2,1-3H3,(H,21,22,25). The van der Waals surface area contributed by atoms with Gasteiger partial charge in [0, 0.05) is 37.1 Å². The molecule has 0 saturated carbocycles. The van der Waals surface area contributed by atoms with E-state index in [4.69, 9.17) is 0 Å². The molecule has 3 aromatic rings. The summed E-state index contributed by atoms with van der Waals surface area (Å²) in [5.41, 5.74) is 4.53. The van der Waals surface area contributed by atoms with Gasteiger partial charge in [0.2, 0.25) is 0 Å². The minimum absolute atomic E-state index is 0.109. The third-order valence-corrected chi connectivity index (χ3v) is 5.84. The minimum Gasteiger partial charge on any atom is -0.319 e. The number of hydrogen-bond donors (Lipinski definition) is 1. The first-order valence-electron chi connectivity index (χ1n) is 8.57. The van der Waals surface area contributed by atoms with Crippen molar-refractivity contribution in [2.45, 2.75) is 26.3 Å². The molecule has 0 spiro atoms. The Hall–Kier alpha value is -2.67. The number of fused-ring (bicyclic) bond motifs is 1. The fraction of sp³-hybridized carbons (Fsp3) is 0.316. The van der Waals surface area contributed by atoms with Crippen molar-refractivity contribution >= 4 is 22.5 Å². The zero-order valence-corrected chi connectivity index (χ0v) is 15.9. The lowest BCUT2D eigenvalue weighted by Gasteiger charge is -2.34. The average molecular weight is 367 g/mol. The van der Waals surface area contributed by atoms with Crippen LogP contribution in [-0.4, -0.2) is 32.2 Å². The summed E-state index contributed by atoms with van der Waals surface area (Å²) in [5, 5.41) is 7.91. The zero-order valence-electron chi connectivity index (χ0n) is 15.1. The van der Waals surface area contributed by atoms with Gasteiger partial charge in [-0.25, -0.2) is 9.78 Å². The van der Waals surface area contributed by atoms with Gasteiger partial charge in [-0.3, -0.25) is 10.00 Å². The lowest BCUT2D eigenvalue weighted by Crippen LogP contribution is -2.41. The highest BCUT2D eigenvalue weighted by Gasteiger charge is 2.30. The molecule has 1 aromatic carbocycles. The van der Waals surface area contributed by atoms with E-state index in [0.29, 0.717) is 18.2 Å². The molecule has 3 heterocycles. The van der Waals surface area contributed by atoms with Gasteiger partial charge in [0.1, 0.15) is 0 Å². The maximum Gasteiger partial charge on any atom is 0.323 e. The number of nitrogens with zero attached hydrogens (tertiary/aromatic N) is 4. The Bertz CT molecular complexity index is 941. The maximum atomic E-state index is 12.8. The Morgan fingerprint density at radius 3 is 2.81 bits per heavy atom. The number of thiazole rings is 1. The zero-order chi connectivity index (χ0) is 18.3. The number of carbonyl (C=O) groups excluding carboxylic acids is 1. The highest BCUT2D eigenvalue weighted by Crippen LogP contribution is 2.33. The summed E-state index contributed by atoms with van der Waals surface area (Å²) < 4.78 is 1.80. The molecule has 2 amide bonds. The molecule has 1 unspecified atom stereocenters. The van der Waals surface area contributed by atoms with Crippen molar-refractivity contribution in [1.29, 1.82) is 0 Å². The van der Waals surface area contributed by atoms with Crippen molar-refractivity contribution in [3.63, 3.8) is 0 Å². The van der Waals surface area contributed by atoms with Gasteiger partial charge in [-0.05, 0) is 30.5 Å². The number of benzene rings is 1. The van der Waals surface area contributed by atoms with E-state index in [1.807, 2.05) is 44.3 Å². The van der Waals surface area contributed by atoms with Crippen LogP contribution in [0.2, 0.25) is 0 Å². The first-order chi connectivity index (χ1) is 12.5. The maximum absolute atomic E-state index is 12.8. The highest BCUT2D eigenvalue weighted by atomic mass is 32.1. The van der Waals surface area contributed by atoms with Crippen LogP contribution in [0.25, 0.3) is 0 Å². The van der Waals surface area contributed by atoms with E-state index in [9.17, 15) is 4.79 Å². The van der Waals surface area contributed by atoms with E-state index in [-0.39, 0.29) is 11.9 Å². The van der Waals surface area contributed by atoms with Gasteiger partial charge in [-0.15, -0.1) is 11.3 Å². The molecule has 2 aromatic heterocycles. The van der Waals surface area contributed by atoms with E-state index < -0.39 is 0 Å². The molecule has 0 radical (unpaired) electrons. The van der Waals surface area contributed by atoms with Crippen LogP contribution in [0.5, 0.6) is 0 Å². The van der Waals surface area contributed by atoms with E-state index in [0.717, 1.165) is 16.1 Å². The van der Waals surface area contributed by atoms with Crippen molar-refractivity contribution in [1.82, 2.24) is 19.7 Å². The quantitative estimate of drug-likeness (QED) is 0.752. The summed E-state index contributed by atoms with van der Waals surface area (Å²) in [6, 6.07) is 8.21. The summed E-state index contributed by atoms with van der Waals surface area (Å²) in [4.78, 5) is 20.2. The Kier molecular flexibility index (Phi) is 4.24. The molecule has 134 valence electrons. The Labute approximate surface area is 156 Å². The lowest BCUT2D eigenvalue weighted by molar-refractivity contribution is 0.203. The van der Waals surface area contributed by atoms with Crippen LogP contribution in [0.4, 0.5) is 9.93 Å². The van der Waals surface area contributed by atoms with Crippen molar-refractivity contribution in [3.8, 4) is 0 Å². The molecule has 7 heteroatoms. The van der Waals surface area contributed by atoms with E-state index >= 15 is 0 Å². The number of hydrogen-bond acceptors (Lipinski definition) is 4. The van der Waals surface area contributed by atoms with Crippen molar-refractivity contribution in [2.24, 2.45) is 7.05 Å². The van der Waals surface area contributed by atoms with Crippen LogP contribution in [-0.2, 0) is 13.6 Å². The molecule has 0 saturated heterocycles. The minimum atomic E-state index is -0.109. The predicted molar refractivity (Wildman–Crippen MR) is 103 cm³/mol. The molecular weight excluding hydrogens is 346 g/mol. The van der Waals surface area contributed by atoms with Crippen LogP contribution >= 0.6 is 11.3 Å². The van der Waals surface area contributed by atoms with Gasteiger partial charge >= 0.3 is 6.03 Å². The molecular formula is C19H21N5OS. The smallest absolute Gasteiger partial charge is 0.319 e. The van der Waals surface area contributed by atoms with Crippen LogP contribution < -0.4 is 5.32 Å². The molecule has 26 heavy (non-hydrogen) atoms. The molecule has 1 aliphatic heterocycles. The summed E-state index contributed by atoms with van der Waals surface area (Å²) in [6.45, 7) is 5.19. The van der Waals surface area contributed by atoms with Crippen LogP contribution in [0.3, 0.4) is 0 Å². The number of aromatic nitrogens is 3. The highest BCUT2D eigenvalue weighted by molar-refractivity contribution is 7.15. The van der Waals surface area contributed by atoms with Gasteiger partial charge in [-0.1, -0.05) is 24.3 Å². The molecule has 6 nitrogen and oxygen atoms in total. The first-order valence-corrected chi connectivity index (χ1v) is 9.39. The fourth-order valence-electron chi connectivity index (χ4n) is 3.36. The summed E-state index contributed by atoms with van der Waals surface area (Å²) >= 11 is 1.51. The van der Waals surface area contributed by atoms with Crippen molar-refractivity contribution in [2.75, 3.05) is 11.9 Å². The summed E-state index contributed by atoms with van der Waals surface area (Å²) in [7, 11) is 1.91. The van der Waals surface area contributed by atoms with Crippen molar-refractivity contribution < 1.29 is 4.79 Å². The predicted octanol–water partition coefficient (Wildman–Crippen LogP) is 3.67. The van der Waals surface area contributed by atoms with Crippen molar-refractivity contribution in [3.05, 3.63) is 63.9 Å². The Morgan fingerprint density at radius 1 is 1.31 bits per heavy atom. The monoisotopic (exact) mass is 367 g/mol. The van der Waals surface area contributed by atoms with Gasteiger partial charge in [0.05, 0.1) is 11.9 Å². The van der Waals surface area contributed by atoms with E-state index in [1.165, 1.54) is 22.5 Å². The lowest BCUT2D eigenvalue weighted by atomic mass is 9.86. The SMILES string of the molecule is Cc1nc(NC(=O)N2Cc3ccccc3C(c3cnn(C)c3)C2)sc1C. The Balaban J connectivity index is 1.61. The van der Waals surface area contributed by atoms with Gasteiger partial charge < -0.3 is 4.90 Å². The number of aryl methyl sites for hydroxylation is 3. The number of amides is 2. The number of nitrogens with one attached hydrogen (secondary N) is 1. The van der Waals surface area contributed by atoms with Crippen LogP contribution in [0.1, 0.15) is 33.2 Å². The van der Waals surface area contributed by atoms with Crippen LogP contribution in [0.15, 0.2) is 36.7 Å². The second-order valence-corrected chi connectivity index (χ2v) is 7.87. The second-order valence-electron chi connectivity index (χ2n) is 6.67. The number of carbonyl (C=O) groups is 1. The number of rotatable bonds is 2. The fourth-order valence-corrected chi connectivity index (χ4v) is 4.17. The van der Waals surface area contributed by atoms with Crippen LogP contribution in [0, 0.1) is 13.8 Å². The van der Waals surface area contributed by atoms with E-state index in [2.05, 4.69) is 33.6 Å². The third-order valence-electron chi connectivity index (χ3n) is 4.85. The summed E-state index contributed by atoms with van der Waals surface area (Å²) in [6.07, 6.45) is 3.91. The largest absolute Gasteiger partial charge is 0.323 e. The number of urea groups is 1. The number of anilines is 1. The molecule has 1 N–H and O–H groups in total. The molecule has 0 bridgehead atoms. The molecule has 0 fully saturated rings. The average Bonchev–Trinajstić information content (AvgIpc) is 3.19. The summed E-state index contributed by atoms with van der Waals surface area (Å²) in [5.74, 6) is 0.124. The topological polar surface area (TPSA) is 63.1 Å². The molecule has 4 rings (SSSR count). The van der Waals surface area contributed by atoms with E-state index in [1.54, 1.807) is 4.68 Å². The van der Waals surface area contributed by atoms with Gasteiger partial charge in [0.15, 0.2) is 5.13 Å². The molecule has 1 aliphatic rings. The normalized spacial score (nSPS) is 16.4.